The largest absolute Gasteiger partial charge is 0.459 e. The summed E-state index contributed by atoms with van der Waals surface area (Å²) in [5, 5.41) is 36.0. The molecular weight excluding hydrogens is 779 g/mol. The van der Waals surface area contributed by atoms with Crippen LogP contribution in [0.15, 0.2) is 96.2 Å². The summed E-state index contributed by atoms with van der Waals surface area (Å²) in [7, 11) is 0. The highest BCUT2D eigenvalue weighted by Crippen LogP contribution is 2.62. The van der Waals surface area contributed by atoms with Crippen molar-refractivity contribution in [2.75, 3.05) is 26.4 Å². The lowest BCUT2D eigenvalue weighted by Gasteiger charge is -2.60. The molecular formula is C48H57N3O10. The molecule has 0 spiro atoms. The summed E-state index contributed by atoms with van der Waals surface area (Å²) in [5.74, 6) is -0.313. The molecule has 3 aromatic carbocycles. The fourth-order valence-electron chi connectivity index (χ4n) is 9.62. The van der Waals surface area contributed by atoms with Crippen LogP contribution < -0.4 is 9.47 Å². The van der Waals surface area contributed by atoms with Gasteiger partial charge < -0.3 is 34.2 Å². The quantitative estimate of drug-likeness (QED) is 0.0328. The van der Waals surface area contributed by atoms with Gasteiger partial charge in [0, 0.05) is 61.3 Å². The summed E-state index contributed by atoms with van der Waals surface area (Å²) in [5.41, 5.74) is 3.69. The number of nitro benzene ring substituents is 1. The second-order valence-corrected chi connectivity index (χ2v) is 16.6. The van der Waals surface area contributed by atoms with Gasteiger partial charge in [-0.25, -0.2) is 0 Å². The number of carbonyl (C=O) groups is 2. The third-order valence-electron chi connectivity index (χ3n) is 12.5. The summed E-state index contributed by atoms with van der Waals surface area (Å²) in [6.07, 6.45) is 11.9. The molecule has 1 aliphatic heterocycles. The van der Waals surface area contributed by atoms with Crippen LogP contribution in [0.4, 0.5) is 5.69 Å². The molecule has 2 N–H and O–H groups in total. The smallest absolute Gasteiger partial charge is 0.269 e. The van der Waals surface area contributed by atoms with Gasteiger partial charge >= 0.3 is 0 Å². The van der Waals surface area contributed by atoms with Crippen LogP contribution in [0.2, 0.25) is 0 Å². The molecule has 3 aromatic rings. The first-order valence-corrected chi connectivity index (χ1v) is 21.7. The van der Waals surface area contributed by atoms with Gasteiger partial charge in [0.1, 0.15) is 36.2 Å². The zero-order valence-electron chi connectivity index (χ0n) is 34.9. The monoisotopic (exact) mass is 835 g/mol. The van der Waals surface area contributed by atoms with E-state index in [4.69, 9.17) is 24.2 Å². The third kappa shape index (κ3) is 9.59. The second kappa shape index (κ2) is 20.0. The van der Waals surface area contributed by atoms with Gasteiger partial charge in [-0.3, -0.25) is 19.7 Å². The van der Waals surface area contributed by atoms with Gasteiger partial charge in [0.15, 0.2) is 0 Å². The van der Waals surface area contributed by atoms with Crippen molar-refractivity contribution in [1.82, 2.24) is 4.90 Å². The molecule has 6 unspecified atom stereocenters. The summed E-state index contributed by atoms with van der Waals surface area (Å²) >= 11 is 0. The number of aliphatic hydroxyl groups is 2. The number of nitro groups is 1. The van der Waals surface area contributed by atoms with E-state index >= 15 is 0 Å². The maximum absolute atomic E-state index is 14.4. The highest BCUT2D eigenvalue weighted by Gasteiger charge is 2.65. The first kappa shape index (κ1) is 43.7. The van der Waals surface area contributed by atoms with Gasteiger partial charge in [-0.05, 0) is 110 Å². The van der Waals surface area contributed by atoms with E-state index in [2.05, 4.69) is 19.6 Å². The van der Waals surface area contributed by atoms with Crippen LogP contribution in [0.5, 0.6) is 17.2 Å². The van der Waals surface area contributed by atoms with Crippen molar-refractivity contribution < 1.29 is 43.8 Å². The Morgan fingerprint density at radius 2 is 1.79 bits per heavy atom. The molecule has 0 saturated heterocycles. The number of aliphatic hydroxyl groups excluding tert-OH is 2. The standard InChI is InChI=1S/C48H57N3O10/c1-3-22-50(47(55)34-16-17-34)44-29-42(49-59-31-32-14-18-36(19-15-32)51(56)57)40-27-35(11-5-7-23-52)39(13-6-8-24-53)45-41-28-38(60-37-12-9-10-33(26-37)30-54)20-21-43(41)61-48(44,46(40)45)58-25-4-2/h4,9-10,12,14-15,18-21,26-28,30,34-35,39,44-46,52-53H,2-3,5-8,11,13,16-17,22-25,29,31H2,1H3. The zero-order valence-corrected chi connectivity index (χ0v) is 34.9. The number of nitrogens with zero attached hydrogens (tertiary/aromatic N) is 3. The second-order valence-electron chi connectivity index (χ2n) is 16.6. The molecule has 7 rings (SSSR count). The zero-order chi connectivity index (χ0) is 42.9. The summed E-state index contributed by atoms with van der Waals surface area (Å²) < 4.78 is 20.8. The third-order valence-corrected chi connectivity index (χ3v) is 12.5. The van der Waals surface area contributed by atoms with Crippen molar-refractivity contribution >= 4 is 23.6 Å². The molecule has 2 fully saturated rings. The number of hydrogen-bond acceptors (Lipinski definition) is 11. The Hall–Kier alpha value is -5.37. The van der Waals surface area contributed by atoms with E-state index in [1.54, 1.807) is 42.5 Å². The molecule has 1 amide bonds. The molecule has 61 heavy (non-hydrogen) atoms. The Labute approximate surface area is 357 Å². The van der Waals surface area contributed by atoms with Gasteiger partial charge in [-0.2, -0.15) is 0 Å². The number of rotatable bonds is 22. The van der Waals surface area contributed by atoms with E-state index in [9.17, 15) is 29.9 Å². The van der Waals surface area contributed by atoms with Crippen LogP contribution in [0.1, 0.15) is 98.5 Å². The fourth-order valence-corrected chi connectivity index (χ4v) is 9.62. The lowest BCUT2D eigenvalue weighted by atomic mass is 9.55. The van der Waals surface area contributed by atoms with Crippen LogP contribution in [-0.2, 0) is 21.0 Å². The van der Waals surface area contributed by atoms with E-state index < -0.39 is 22.7 Å². The van der Waals surface area contributed by atoms with Crippen LogP contribution in [0.25, 0.3) is 0 Å². The van der Waals surface area contributed by atoms with Crippen LogP contribution >= 0.6 is 0 Å². The van der Waals surface area contributed by atoms with E-state index in [1.165, 1.54) is 12.1 Å². The maximum Gasteiger partial charge on any atom is 0.269 e. The minimum atomic E-state index is -1.36. The molecule has 13 heteroatoms. The first-order chi connectivity index (χ1) is 29.7. The number of benzene rings is 3. The number of oxime groups is 1. The highest BCUT2D eigenvalue weighted by atomic mass is 16.7. The Balaban J connectivity index is 1.41. The average molecular weight is 836 g/mol. The fraction of sp³-hybridized carbons (Fsp3) is 0.479. The van der Waals surface area contributed by atoms with E-state index in [0.717, 1.165) is 55.9 Å². The lowest BCUT2D eigenvalue weighted by Crippen LogP contribution is -2.70. The molecule has 13 nitrogen and oxygen atoms in total. The molecule has 324 valence electrons. The van der Waals surface area contributed by atoms with Crippen molar-refractivity contribution in [1.29, 1.82) is 0 Å². The molecule has 4 aliphatic rings. The van der Waals surface area contributed by atoms with Gasteiger partial charge in [0.05, 0.1) is 23.2 Å². The predicted octanol–water partition coefficient (Wildman–Crippen LogP) is 8.68. The van der Waals surface area contributed by atoms with Gasteiger partial charge in [0.2, 0.25) is 11.7 Å². The minimum Gasteiger partial charge on any atom is -0.459 e. The van der Waals surface area contributed by atoms with Crippen molar-refractivity contribution in [2.45, 2.75) is 95.5 Å². The van der Waals surface area contributed by atoms with Crippen molar-refractivity contribution in [3.05, 3.63) is 118 Å². The number of amides is 1. The van der Waals surface area contributed by atoms with Gasteiger partial charge in [-0.15, -0.1) is 6.58 Å². The Morgan fingerprint density at radius 1 is 1.03 bits per heavy atom. The highest BCUT2D eigenvalue weighted by molar-refractivity contribution is 6.03. The van der Waals surface area contributed by atoms with Crippen molar-refractivity contribution in [3.8, 4) is 17.2 Å². The van der Waals surface area contributed by atoms with Gasteiger partial charge in [-0.1, -0.05) is 49.2 Å². The summed E-state index contributed by atoms with van der Waals surface area (Å²) in [4.78, 5) is 45.1. The molecule has 3 aliphatic carbocycles. The minimum absolute atomic E-state index is 0.0165. The number of non-ortho nitro benzene ring substituents is 1. The van der Waals surface area contributed by atoms with E-state index in [-0.39, 0.29) is 68.1 Å². The summed E-state index contributed by atoms with van der Waals surface area (Å²) in [6.45, 7) is 6.94. The Bertz CT molecular complexity index is 2100. The number of fused-ring (bicyclic) bond motifs is 2. The SMILES string of the molecule is C=CCOC12Oc3ccc(Oc4cccc(C=O)c4)cc3C3C(CCCCO)C(CCCCO)C=C(C(=NOCc4ccc([N+](=O)[O-])cc4)CC1N(CCC)C(=O)C1CC1)C32. The van der Waals surface area contributed by atoms with Crippen LogP contribution in [0.3, 0.4) is 0 Å². The lowest BCUT2D eigenvalue weighted by molar-refractivity contribution is -0.384. The van der Waals surface area contributed by atoms with Gasteiger partial charge in [0.25, 0.3) is 5.69 Å². The maximum atomic E-state index is 14.4. The number of hydrogen-bond donors (Lipinski definition) is 2. The molecule has 0 aromatic heterocycles. The molecule has 2 saturated carbocycles. The number of aldehydes is 1. The average Bonchev–Trinajstić information content (AvgIpc) is 4.13. The predicted molar refractivity (Wildman–Crippen MR) is 229 cm³/mol. The van der Waals surface area contributed by atoms with Crippen LogP contribution in [0, 0.1) is 33.8 Å². The topological polar surface area (TPSA) is 170 Å². The number of unbranched alkanes of at least 4 members (excludes halogenated alkanes) is 2. The summed E-state index contributed by atoms with van der Waals surface area (Å²) in [6, 6.07) is 18.3. The van der Waals surface area contributed by atoms with E-state index in [0.29, 0.717) is 59.9 Å². The molecule has 0 bridgehead atoms. The normalized spacial score (nSPS) is 24.4. The van der Waals surface area contributed by atoms with Crippen molar-refractivity contribution in [2.24, 2.45) is 28.8 Å². The van der Waals surface area contributed by atoms with Crippen LogP contribution in [-0.4, -0.2) is 76.1 Å². The Morgan fingerprint density at radius 3 is 2.48 bits per heavy atom. The molecule has 0 radical (unpaired) electrons. The number of carbonyl (C=O) groups excluding carboxylic acids is 2. The number of allylic oxidation sites excluding steroid dienone is 1. The Kier molecular flexibility index (Phi) is 14.3. The molecule has 6 atom stereocenters. The first-order valence-electron chi connectivity index (χ1n) is 21.7. The molecule has 1 heterocycles. The van der Waals surface area contributed by atoms with Crippen molar-refractivity contribution in [3.63, 3.8) is 0 Å². The number of ether oxygens (including phenoxy) is 3. The van der Waals surface area contributed by atoms with E-state index in [1.807, 2.05) is 23.1 Å².